The van der Waals surface area contributed by atoms with E-state index >= 15 is 0 Å². The fourth-order valence-corrected chi connectivity index (χ4v) is 4.48. The van der Waals surface area contributed by atoms with Crippen molar-refractivity contribution in [1.82, 2.24) is 15.2 Å². The zero-order valence-corrected chi connectivity index (χ0v) is 18.5. The van der Waals surface area contributed by atoms with Crippen molar-refractivity contribution < 1.29 is 17.6 Å². The molecule has 2 aliphatic rings. The van der Waals surface area contributed by atoms with Gasteiger partial charge in [-0.3, -0.25) is 0 Å². The van der Waals surface area contributed by atoms with Gasteiger partial charge >= 0.3 is 0 Å². The largest absolute Gasteiger partial charge is 0.366 e. The van der Waals surface area contributed by atoms with E-state index in [0.717, 1.165) is 12.0 Å². The van der Waals surface area contributed by atoms with Crippen molar-refractivity contribution in [3.63, 3.8) is 0 Å². The van der Waals surface area contributed by atoms with Gasteiger partial charge in [-0.05, 0) is 42.9 Å². The Bertz CT molecular complexity index is 818. The van der Waals surface area contributed by atoms with Crippen LogP contribution in [0.25, 0.3) is 0 Å². The van der Waals surface area contributed by atoms with Crippen molar-refractivity contribution in [2.24, 2.45) is 11.7 Å². The molecule has 0 amide bonds. The molecular weight excluding hydrogens is 422 g/mol. The number of halogens is 4. The van der Waals surface area contributed by atoms with Gasteiger partial charge in [0.2, 0.25) is 5.92 Å². The number of alkyl halides is 4. The van der Waals surface area contributed by atoms with Crippen molar-refractivity contribution in [1.29, 1.82) is 0 Å². The maximum absolute atomic E-state index is 14.1. The van der Waals surface area contributed by atoms with Gasteiger partial charge < -0.3 is 21.3 Å². The molecule has 2 atom stereocenters. The Morgan fingerprint density at radius 3 is 2.66 bits per heavy atom. The van der Waals surface area contributed by atoms with Crippen molar-refractivity contribution in [3.05, 3.63) is 48.6 Å². The van der Waals surface area contributed by atoms with Gasteiger partial charge in [0, 0.05) is 30.8 Å². The minimum Gasteiger partial charge on any atom is -0.366 e. The summed E-state index contributed by atoms with van der Waals surface area (Å²) in [6.45, 7) is 9.08. The Kier molecular flexibility index (Phi) is 7.37. The third-order valence-corrected chi connectivity index (χ3v) is 6.37. The monoisotopic (exact) mass is 455 g/mol. The van der Waals surface area contributed by atoms with Crippen LogP contribution in [-0.4, -0.2) is 40.9 Å². The molecule has 1 aromatic rings. The summed E-state index contributed by atoms with van der Waals surface area (Å²) >= 11 is 0. The number of pyridine rings is 1. The second kappa shape index (κ2) is 9.68. The second-order valence-electron chi connectivity index (χ2n) is 8.93. The molecule has 0 bridgehead atoms. The molecule has 1 aliphatic heterocycles. The number of hydrogen-bond acceptors (Lipinski definition) is 5. The Labute approximate surface area is 187 Å². The number of hydrogen-bond donors (Lipinski definition) is 3. The van der Waals surface area contributed by atoms with Gasteiger partial charge in [-0.2, -0.15) is 0 Å². The zero-order chi connectivity index (χ0) is 23.5. The van der Waals surface area contributed by atoms with E-state index in [4.69, 9.17) is 5.73 Å². The predicted octanol–water partition coefficient (Wildman–Crippen LogP) is 5.01. The molecule has 32 heavy (non-hydrogen) atoms. The van der Waals surface area contributed by atoms with Gasteiger partial charge in [0.25, 0.3) is 5.92 Å². The second-order valence-corrected chi connectivity index (χ2v) is 8.93. The van der Waals surface area contributed by atoms with Gasteiger partial charge in [0.05, 0.1) is 25.0 Å². The van der Waals surface area contributed by atoms with Crippen LogP contribution in [0.5, 0.6) is 0 Å². The molecule has 1 aromatic heterocycles. The summed E-state index contributed by atoms with van der Waals surface area (Å²) in [5, 5.41) is 5.81. The highest BCUT2D eigenvalue weighted by molar-refractivity contribution is 5.45. The quantitative estimate of drug-likeness (QED) is 0.481. The standard InChI is InChI=1S/C23H33F4N5/c1-4-5-19(32-14-23(26,27)13-30-16(32)3)18-8-11-29-20(12-18)31-15(2)21(28)17-6-9-22(24,25)10-7-17/h8,11-12,17,19,21,30H,2-7,9-10,13-14,28H2,1H3,(H,29,31). The molecule has 1 saturated heterocycles. The molecule has 1 aliphatic carbocycles. The minimum atomic E-state index is -2.85. The van der Waals surface area contributed by atoms with Gasteiger partial charge in [-0.15, -0.1) is 0 Å². The average Bonchev–Trinajstić information content (AvgIpc) is 2.73. The van der Waals surface area contributed by atoms with Crippen LogP contribution in [0.3, 0.4) is 0 Å². The predicted molar refractivity (Wildman–Crippen MR) is 118 cm³/mol. The molecule has 2 heterocycles. The molecule has 0 aromatic carbocycles. The normalized spacial score (nSPS) is 22.7. The average molecular weight is 456 g/mol. The van der Waals surface area contributed by atoms with Crippen molar-refractivity contribution in [3.8, 4) is 0 Å². The molecule has 0 spiro atoms. The van der Waals surface area contributed by atoms with E-state index in [9.17, 15) is 17.6 Å². The van der Waals surface area contributed by atoms with Crippen LogP contribution in [-0.2, 0) is 0 Å². The Morgan fingerprint density at radius 2 is 2.00 bits per heavy atom. The lowest BCUT2D eigenvalue weighted by atomic mass is 9.81. The SMILES string of the molecule is C=C(Nc1cc(C(CCC)N2CC(F)(F)CNC2=C)ccn1)C(N)C1CCC(F)(F)CC1. The molecule has 4 N–H and O–H groups in total. The first-order chi connectivity index (χ1) is 15.0. The lowest BCUT2D eigenvalue weighted by Crippen LogP contribution is -2.52. The smallest absolute Gasteiger partial charge is 0.282 e. The molecule has 3 rings (SSSR count). The number of anilines is 1. The molecule has 0 radical (unpaired) electrons. The number of nitrogens with two attached hydrogens (primary N) is 1. The molecule has 2 unspecified atom stereocenters. The molecule has 2 fully saturated rings. The summed E-state index contributed by atoms with van der Waals surface area (Å²) < 4.78 is 55.0. The third kappa shape index (κ3) is 5.94. The van der Waals surface area contributed by atoms with E-state index in [2.05, 4.69) is 28.8 Å². The lowest BCUT2D eigenvalue weighted by Gasteiger charge is -2.42. The number of nitrogens with one attached hydrogen (secondary N) is 2. The Hall–Kier alpha value is -2.29. The van der Waals surface area contributed by atoms with E-state index in [-0.39, 0.29) is 24.8 Å². The highest BCUT2D eigenvalue weighted by Crippen LogP contribution is 2.38. The van der Waals surface area contributed by atoms with Gasteiger partial charge in [-0.25, -0.2) is 22.5 Å². The highest BCUT2D eigenvalue weighted by atomic mass is 19.3. The first-order valence-corrected chi connectivity index (χ1v) is 11.1. The number of rotatable bonds is 8. The Balaban J connectivity index is 1.71. The van der Waals surface area contributed by atoms with Crippen molar-refractivity contribution in [2.45, 2.75) is 69.4 Å². The van der Waals surface area contributed by atoms with E-state index < -0.39 is 31.0 Å². The maximum atomic E-state index is 14.1. The molecule has 178 valence electrons. The summed E-state index contributed by atoms with van der Waals surface area (Å²) in [6.07, 6.45) is 3.44. The third-order valence-electron chi connectivity index (χ3n) is 6.37. The molecular formula is C23H33F4N5. The topological polar surface area (TPSA) is 66.2 Å². The summed E-state index contributed by atoms with van der Waals surface area (Å²) in [7, 11) is 0. The van der Waals surface area contributed by atoms with Crippen LogP contribution in [0.15, 0.2) is 43.0 Å². The fourth-order valence-electron chi connectivity index (χ4n) is 4.48. The summed E-state index contributed by atoms with van der Waals surface area (Å²) in [5.74, 6) is -4.57. The van der Waals surface area contributed by atoms with Crippen LogP contribution in [0.4, 0.5) is 23.4 Å². The lowest BCUT2D eigenvalue weighted by molar-refractivity contribution is -0.0537. The molecule has 5 nitrogen and oxygen atoms in total. The summed E-state index contributed by atoms with van der Waals surface area (Å²) in [6, 6.07) is 2.83. The van der Waals surface area contributed by atoms with E-state index in [1.54, 1.807) is 23.2 Å². The van der Waals surface area contributed by atoms with Crippen LogP contribution in [0.1, 0.15) is 57.1 Å². The van der Waals surface area contributed by atoms with Gasteiger partial charge in [-0.1, -0.05) is 26.5 Å². The van der Waals surface area contributed by atoms with Gasteiger partial charge in [0.1, 0.15) is 5.82 Å². The first-order valence-electron chi connectivity index (χ1n) is 11.1. The summed E-state index contributed by atoms with van der Waals surface area (Å²) in [5.41, 5.74) is 7.62. The number of nitrogens with zero attached hydrogens (tertiary/aromatic N) is 2. The fraction of sp³-hybridized carbons (Fsp3) is 0.609. The Morgan fingerprint density at radius 1 is 1.31 bits per heavy atom. The van der Waals surface area contributed by atoms with E-state index in [0.29, 0.717) is 36.6 Å². The van der Waals surface area contributed by atoms with Crippen LogP contribution >= 0.6 is 0 Å². The highest BCUT2D eigenvalue weighted by Gasteiger charge is 2.40. The zero-order valence-electron chi connectivity index (χ0n) is 18.5. The van der Waals surface area contributed by atoms with Gasteiger partial charge in [0.15, 0.2) is 0 Å². The summed E-state index contributed by atoms with van der Waals surface area (Å²) in [4.78, 5) is 5.92. The minimum absolute atomic E-state index is 0.0735. The molecule has 9 heteroatoms. The van der Waals surface area contributed by atoms with Crippen molar-refractivity contribution in [2.75, 3.05) is 18.4 Å². The van der Waals surface area contributed by atoms with E-state index in [1.165, 1.54) is 0 Å². The first kappa shape index (κ1) is 24.4. The van der Waals surface area contributed by atoms with E-state index in [1.807, 2.05) is 6.92 Å². The van der Waals surface area contributed by atoms with Crippen LogP contribution < -0.4 is 16.4 Å². The molecule has 1 saturated carbocycles. The van der Waals surface area contributed by atoms with Crippen LogP contribution in [0, 0.1) is 5.92 Å². The van der Waals surface area contributed by atoms with Crippen LogP contribution in [0.2, 0.25) is 0 Å². The maximum Gasteiger partial charge on any atom is 0.282 e. The number of aromatic nitrogens is 1. The van der Waals surface area contributed by atoms with Crippen molar-refractivity contribution >= 4 is 5.82 Å².